The fourth-order valence-corrected chi connectivity index (χ4v) is 1.57. The molecule has 0 spiro atoms. The molecule has 0 amide bonds. The van der Waals surface area contributed by atoms with Gasteiger partial charge in [0.25, 0.3) is 0 Å². The van der Waals surface area contributed by atoms with Crippen LogP contribution in [0.1, 0.15) is 11.3 Å². The first-order chi connectivity index (χ1) is 7.63. The third-order valence-electron chi connectivity index (χ3n) is 2.24. The average molecular weight is 244 g/mol. The summed E-state index contributed by atoms with van der Waals surface area (Å²) in [6, 6.07) is 3.04. The van der Waals surface area contributed by atoms with Crippen LogP contribution in [0.3, 0.4) is 0 Å². The SMILES string of the molecule is Cc1c(-n2cc(CF)nn2)ccc(Cl)c1F. The molecule has 1 aromatic carbocycles. The Balaban J connectivity index is 2.52. The first kappa shape index (κ1) is 11.0. The smallest absolute Gasteiger partial charge is 0.146 e. The van der Waals surface area contributed by atoms with E-state index in [1.54, 1.807) is 13.0 Å². The van der Waals surface area contributed by atoms with Gasteiger partial charge in [-0.05, 0) is 19.1 Å². The van der Waals surface area contributed by atoms with Crippen LogP contribution in [0.4, 0.5) is 8.78 Å². The third kappa shape index (κ3) is 1.78. The van der Waals surface area contributed by atoms with Crippen molar-refractivity contribution in [1.82, 2.24) is 15.0 Å². The molecular formula is C10H8ClF2N3. The molecule has 0 saturated carbocycles. The van der Waals surface area contributed by atoms with Crippen molar-refractivity contribution in [1.29, 1.82) is 0 Å². The second-order valence-electron chi connectivity index (χ2n) is 3.29. The van der Waals surface area contributed by atoms with Gasteiger partial charge in [-0.25, -0.2) is 13.5 Å². The lowest BCUT2D eigenvalue weighted by Crippen LogP contribution is -2.00. The van der Waals surface area contributed by atoms with Gasteiger partial charge in [0, 0.05) is 5.56 Å². The van der Waals surface area contributed by atoms with Crippen LogP contribution >= 0.6 is 11.6 Å². The Labute approximate surface area is 95.6 Å². The van der Waals surface area contributed by atoms with Gasteiger partial charge < -0.3 is 0 Å². The van der Waals surface area contributed by atoms with Crippen molar-refractivity contribution in [2.24, 2.45) is 0 Å². The van der Waals surface area contributed by atoms with Gasteiger partial charge in [0.1, 0.15) is 18.2 Å². The van der Waals surface area contributed by atoms with Crippen LogP contribution in [0.5, 0.6) is 0 Å². The van der Waals surface area contributed by atoms with E-state index < -0.39 is 12.5 Å². The number of aromatic nitrogens is 3. The molecule has 2 rings (SSSR count). The minimum atomic E-state index is -0.699. The number of nitrogens with zero attached hydrogens (tertiary/aromatic N) is 3. The average Bonchev–Trinajstić information content (AvgIpc) is 2.74. The molecule has 0 saturated heterocycles. The summed E-state index contributed by atoms with van der Waals surface area (Å²) in [5, 5.41) is 7.34. The van der Waals surface area contributed by atoms with Crippen molar-refractivity contribution in [2.75, 3.05) is 0 Å². The monoisotopic (exact) mass is 243 g/mol. The summed E-state index contributed by atoms with van der Waals surface area (Å²) in [5.74, 6) is -0.503. The minimum absolute atomic E-state index is 0.0482. The van der Waals surface area contributed by atoms with Gasteiger partial charge in [0.05, 0.1) is 16.9 Å². The van der Waals surface area contributed by atoms with E-state index in [0.717, 1.165) is 0 Å². The molecule has 0 bridgehead atoms. The van der Waals surface area contributed by atoms with Gasteiger partial charge in [-0.15, -0.1) is 5.10 Å². The molecule has 0 unspecified atom stereocenters. The van der Waals surface area contributed by atoms with Gasteiger partial charge in [-0.2, -0.15) is 0 Å². The maximum absolute atomic E-state index is 13.5. The zero-order valence-electron chi connectivity index (χ0n) is 8.41. The predicted octanol–water partition coefficient (Wildman–Crippen LogP) is 2.84. The lowest BCUT2D eigenvalue weighted by Gasteiger charge is -2.06. The summed E-state index contributed by atoms with van der Waals surface area (Å²) >= 11 is 5.63. The number of benzene rings is 1. The Bertz CT molecular complexity index is 525. The molecule has 1 aromatic heterocycles. The van der Waals surface area contributed by atoms with E-state index in [1.807, 2.05) is 0 Å². The lowest BCUT2D eigenvalue weighted by atomic mass is 10.2. The third-order valence-corrected chi connectivity index (χ3v) is 2.53. The first-order valence-electron chi connectivity index (χ1n) is 4.55. The van der Waals surface area contributed by atoms with Crippen LogP contribution in [0.25, 0.3) is 5.69 Å². The number of halogens is 3. The van der Waals surface area contributed by atoms with Crippen molar-refractivity contribution < 1.29 is 8.78 Å². The largest absolute Gasteiger partial charge is 0.244 e. The molecule has 1 heterocycles. The van der Waals surface area contributed by atoms with Gasteiger partial charge in [0.2, 0.25) is 0 Å². The summed E-state index contributed by atoms with van der Waals surface area (Å²) in [4.78, 5) is 0. The second kappa shape index (κ2) is 4.17. The van der Waals surface area contributed by atoms with Crippen molar-refractivity contribution in [3.05, 3.63) is 40.4 Å². The van der Waals surface area contributed by atoms with E-state index in [4.69, 9.17) is 11.6 Å². The van der Waals surface area contributed by atoms with Crippen molar-refractivity contribution >= 4 is 11.6 Å². The molecule has 0 aliphatic heterocycles. The van der Waals surface area contributed by atoms with Crippen molar-refractivity contribution in [3.8, 4) is 5.69 Å². The molecule has 0 radical (unpaired) electrons. The molecular weight excluding hydrogens is 236 g/mol. The number of alkyl halides is 1. The van der Waals surface area contributed by atoms with E-state index in [2.05, 4.69) is 10.3 Å². The fourth-order valence-electron chi connectivity index (χ4n) is 1.37. The van der Waals surface area contributed by atoms with E-state index in [1.165, 1.54) is 16.9 Å². The molecule has 0 N–H and O–H groups in total. The molecule has 0 aliphatic carbocycles. The Morgan fingerprint density at radius 1 is 1.44 bits per heavy atom. The fraction of sp³-hybridized carbons (Fsp3) is 0.200. The van der Waals surface area contributed by atoms with Crippen LogP contribution in [0, 0.1) is 12.7 Å². The van der Waals surface area contributed by atoms with Gasteiger partial charge in [0.15, 0.2) is 0 Å². The highest BCUT2D eigenvalue weighted by Crippen LogP contribution is 2.23. The topological polar surface area (TPSA) is 30.7 Å². The molecule has 16 heavy (non-hydrogen) atoms. The highest BCUT2D eigenvalue weighted by atomic mass is 35.5. The molecule has 3 nitrogen and oxygen atoms in total. The highest BCUT2D eigenvalue weighted by molar-refractivity contribution is 6.30. The summed E-state index contributed by atoms with van der Waals surface area (Å²) < 4.78 is 27.1. The number of rotatable bonds is 2. The van der Waals surface area contributed by atoms with Crippen LogP contribution in [-0.2, 0) is 6.67 Å². The van der Waals surface area contributed by atoms with Crippen LogP contribution in [0.2, 0.25) is 5.02 Å². The quantitative estimate of drug-likeness (QED) is 0.812. The van der Waals surface area contributed by atoms with Crippen molar-refractivity contribution in [2.45, 2.75) is 13.6 Å². The summed E-state index contributed by atoms with van der Waals surface area (Å²) in [7, 11) is 0. The lowest BCUT2D eigenvalue weighted by molar-refractivity contribution is 0.475. The standard InChI is InChI=1S/C10H8ClF2N3/c1-6-9(3-2-8(11)10(6)13)16-5-7(4-12)14-15-16/h2-3,5H,4H2,1H3. The van der Waals surface area contributed by atoms with Crippen LogP contribution in [0.15, 0.2) is 18.3 Å². The van der Waals surface area contributed by atoms with Crippen LogP contribution < -0.4 is 0 Å². The molecule has 0 aliphatic rings. The normalized spacial score (nSPS) is 10.8. The Kier molecular flexibility index (Phi) is 2.87. The summed E-state index contributed by atoms with van der Waals surface area (Å²) in [6.07, 6.45) is 1.41. The second-order valence-corrected chi connectivity index (χ2v) is 3.70. The first-order valence-corrected chi connectivity index (χ1v) is 4.93. The van der Waals surface area contributed by atoms with E-state index in [-0.39, 0.29) is 10.7 Å². The van der Waals surface area contributed by atoms with E-state index in [0.29, 0.717) is 11.3 Å². The van der Waals surface area contributed by atoms with Gasteiger partial charge in [-0.1, -0.05) is 16.8 Å². The Morgan fingerprint density at radius 3 is 2.81 bits per heavy atom. The van der Waals surface area contributed by atoms with Gasteiger partial charge in [-0.3, -0.25) is 0 Å². The van der Waals surface area contributed by atoms with Crippen molar-refractivity contribution in [3.63, 3.8) is 0 Å². The Hall–Kier alpha value is -1.49. The van der Waals surface area contributed by atoms with Crippen LogP contribution in [-0.4, -0.2) is 15.0 Å². The van der Waals surface area contributed by atoms with E-state index >= 15 is 0 Å². The van der Waals surface area contributed by atoms with E-state index in [9.17, 15) is 8.78 Å². The van der Waals surface area contributed by atoms with Gasteiger partial charge >= 0.3 is 0 Å². The minimum Gasteiger partial charge on any atom is -0.244 e. The summed E-state index contributed by atoms with van der Waals surface area (Å²) in [5.41, 5.74) is 1.05. The predicted molar refractivity (Wildman–Crippen MR) is 55.9 cm³/mol. The maximum Gasteiger partial charge on any atom is 0.146 e. The maximum atomic E-state index is 13.5. The number of hydrogen-bond acceptors (Lipinski definition) is 2. The molecule has 2 aromatic rings. The summed E-state index contributed by atoms with van der Waals surface area (Å²) in [6.45, 7) is 0.877. The zero-order valence-corrected chi connectivity index (χ0v) is 9.17. The molecule has 84 valence electrons. The Morgan fingerprint density at radius 2 is 2.19 bits per heavy atom. The molecule has 6 heteroatoms. The highest BCUT2D eigenvalue weighted by Gasteiger charge is 2.11. The molecule has 0 atom stereocenters. The zero-order chi connectivity index (χ0) is 11.7. The number of hydrogen-bond donors (Lipinski definition) is 0. The molecule has 0 fully saturated rings.